The maximum atomic E-state index is 11.8. The van der Waals surface area contributed by atoms with Crippen LogP contribution in [0.25, 0.3) is 10.9 Å². The molecular formula is C15H17NO2. The quantitative estimate of drug-likeness (QED) is 0.776. The van der Waals surface area contributed by atoms with Crippen LogP contribution in [0, 0.1) is 6.92 Å². The van der Waals surface area contributed by atoms with Gasteiger partial charge in [0.15, 0.2) is 11.6 Å². The van der Waals surface area contributed by atoms with Gasteiger partial charge >= 0.3 is 0 Å². The first kappa shape index (κ1) is 12.6. The molecule has 0 spiro atoms. The van der Waals surface area contributed by atoms with Gasteiger partial charge in [-0.3, -0.25) is 9.59 Å². The van der Waals surface area contributed by atoms with E-state index in [0.29, 0.717) is 0 Å². The highest BCUT2D eigenvalue weighted by atomic mass is 16.1. The van der Waals surface area contributed by atoms with Gasteiger partial charge in [-0.05, 0) is 33.8 Å². The van der Waals surface area contributed by atoms with E-state index in [1.54, 1.807) is 13.8 Å². The van der Waals surface area contributed by atoms with E-state index in [-0.39, 0.29) is 17.6 Å². The van der Waals surface area contributed by atoms with Gasteiger partial charge in [-0.1, -0.05) is 18.2 Å². The van der Waals surface area contributed by atoms with E-state index < -0.39 is 0 Å². The maximum absolute atomic E-state index is 11.8. The van der Waals surface area contributed by atoms with Crippen LogP contribution >= 0.6 is 0 Å². The van der Waals surface area contributed by atoms with Crippen LogP contribution in [0.2, 0.25) is 0 Å². The average Bonchev–Trinajstić information content (AvgIpc) is 2.60. The number of hydrogen-bond donors (Lipinski definition) is 0. The molecule has 1 atom stereocenters. The number of ketones is 2. The SMILES string of the molecule is CC(=O)c1c(C)n(C(C)C(C)=O)c2ccccc12. The number of nitrogens with zero attached hydrogens (tertiary/aromatic N) is 1. The van der Waals surface area contributed by atoms with Crippen LogP contribution in [0.1, 0.15) is 42.9 Å². The van der Waals surface area contributed by atoms with Gasteiger partial charge in [-0.25, -0.2) is 0 Å². The molecule has 0 bridgehead atoms. The van der Waals surface area contributed by atoms with Crippen LogP contribution < -0.4 is 0 Å². The normalized spacial score (nSPS) is 12.7. The highest BCUT2D eigenvalue weighted by Gasteiger charge is 2.21. The van der Waals surface area contributed by atoms with Crippen LogP contribution in [0.15, 0.2) is 24.3 Å². The molecule has 0 radical (unpaired) electrons. The lowest BCUT2D eigenvalue weighted by Crippen LogP contribution is -2.15. The fraction of sp³-hybridized carbons (Fsp3) is 0.333. The van der Waals surface area contributed by atoms with Crippen molar-refractivity contribution in [3.8, 4) is 0 Å². The summed E-state index contributed by atoms with van der Waals surface area (Å²) in [6.07, 6.45) is 0. The third kappa shape index (κ3) is 1.76. The Morgan fingerprint density at radius 3 is 2.33 bits per heavy atom. The fourth-order valence-corrected chi connectivity index (χ4v) is 2.52. The Bertz CT molecular complexity index is 637. The summed E-state index contributed by atoms with van der Waals surface area (Å²) in [6, 6.07) is 7.48. The molecule has 0 saturated heterocycles. The first-order valence-corrected chi connectivity index (χ1v) is 6.06. The Kier molecular flexibility index (Phi) is 3.07. The molecular weight excluding hydrogens is 226 g/mol. The predicted octanol–water partition coefficient (Wildman–Crippen LogP) is 3.30. The molecule has 0 N–H and O–H groups in total. The summed E-state index contributed by atoms with van der Waals surface area (Å²) < 4.78 is 1.95. The molecule has 3 heteroatoms. The lowest BCUT2D eigenvalue weighted by atomic mass is 10.1. The van der Waals surface area contributed by atoms with Crippen molar-refractivity contribution in [2.75, 3.05) is 0 Å². The number of para-hydroxylation sites is 1. The molecule has 0 amide bonds. The van der Waals surface area contributed by atoms with Crippen LogP contribution in [-0.4, -0.2) is 16.1 Å². The highest BCUT2D eigenvalue weighted by molar-refractivity contribution is 6.08. The Hall–Kier alpha value is -1.90. The Morgan fingerprint density at radius 1 is 1.17 bits per heavy atom. The minimum absolute atomic E-state index is 0.0400. The van der Waals surface area contributed by atoms with Crippen molar-refractivity contribution < 1.29 is 9.59 Å². The van der Waals surface area contributed by atoms with Gasteiger partial charge in [0.1, 0.15) is 0 Å². The van der Waals surface area contributed by atoms with E-state index in [0.717, 1.165) is 22.2 Å². The van der Waals surface area contributed by atoms with E-state index in [4.69, 9.17) is 0 Å². The second kappa shape index (κ2) is 4.41. The molecule has 1 unspecified atom stereocenters. The minimum atomic E-state index is -0.247. The molecule has 3 nitrogen and oxygen atoms in total. The molecule has 2 rings (SSSR count). The molecule has 0 fully saturated rings. The molecule has 0 aliphatic rings. The van der Waals surface area contributed by atoms with Crippen molar-refractivity contribution in [3.63, 3.8) is 0 Å². The molecule has 1 heterocycles. The molecule has 18 heavy (non-hydrogen) atoms. The van der Waals surface area contributed by atoms with Gasteiger partial charge in [-0.2, -0.15) is 0 Å². The molecule has 0 aliphatic carbocycles. The second-order valence-corrected chi connectivity index (χ2v) is 4.69. The molecule has 0 aliphatic heterocycles. The Balaban J connectivity index is 2.85. The molecule has 94 valence electrons. The van der Waals surface area contributed by atoms with Gasteiger partial charge in [-0.15, -0.1) is 0 Å². The first-order valence-electron chi connectivity index (χ1n) is 6.06. The van der Waals surface area contributed by atoms with E-state index >= 15 is 0 Å². The number of aromatic nitrogens is 1. The van der Waals surface area contributed by atoms with Crippen LogP contribution in [0.4, 0.5) is 0 Å². The van der Waals surface area contributed by atoms with Crippen LogP contribution in [-0.2, 0) is 4.79 Å². The van der Waals surface area contributed by atoms with Crippen LogP contribution in [0.5, 0.6) is 0 Å². The van der Waals surface area contributed by atoms with Gasteiger partial charge in [0.05, 0.1) is 6.04 Å². The van der Waals surface area contributed by atoms with E-state index in [1.807, 2.05) is 42.7 Å². The summed E-state index contributed by atoms with van der Waals surface area (Å²) in [6.45, 7) is 6.91. The number of fused-ring (bicyclic) bond motifs is 1. The molecule has 1 aromatic heterocycles. The molecule has 2 aromatic rings. The highest BCUT2D eigenvalue weighted by Crippen LogP contribution is 2.29. The van der Waals surface area contributed by atoms with Gasteiger partial charge < -0.3 is 4.57 Å². The van der Waals surface area contributed by atoms with Crippen molar-refractivity contribution in [3.05, 3.63) is 35.5 Å². The monoisotopic (exact) mass is 243 g/mol. The number of hydrogen-bond acceptors (Lipinski definition) is 2. The summed E-state index contributed by atoms with van der Waals surface area (Å²) >= 11 is 0. The minimum Gasteiger partial charge on any atom is -0.334 e. The molecule has 1 aromatic carbocycles. The summed E-state index contributed by atoms with van der Waals surface area (Å²) in [5.74, 6) is 0.132. The van der Waals surface area contributed by atoms with Crippen molar-refractivity contribution in [2.45, 2.75) is 33.7 Å². The third-order valence-electron chi connectivity index (χ3n) is 3.48. The van der Waals surface area contributed by atoms with Crippen molar-refractivity contribution in [2.24, 2.45) is 0 Å². The Morgan fingerprint density at radius 2 is 1.78 bits per heavy atom. The first-order chi connectivity index (χ1) is 8.45. The van der Waals surface area contributed by atoms with Crippen LogP contribution in [0.3, 0.4) is 0 Å². The standard InChI is InChI=1S/C15H17NO2/c1-9(11(3)17)16-10(2)15(12(4)18)13-7-5-6-8-14(13)16/h5-9H,1-4H3. The van der Waals surface area contributed by atoms with E-state index in [2.05, 4.69) is 0 Å². The zero-order chi connectivity index (χ0) is 13.4. The van der Waals surface area contributed by atoms with Gasteiger partial charge in [0, 0.05) is 22.2 Å². The summed E-state index contributed by atoms with van der Waals surface area (Å²) in [7, 11) is 0. The third-order valence-corrected chi connectivity index (χ3v) is 3.48. The molecule has 0 saturated carbocycles. The smallest absolute Gasteiger partial charge is 0.162 e. The van der Waals surface area contributed by atoms with Crippen molar-refractivity contribution in [1.29, 1.82) is 0 Å². The predicted molar refractivity (Wildman–Crippen MR) is 72.1 cm³/mol. The maximum Gasteiger partial charge on any atom is 0.162 e. The lowest BCUT2D eigenvalue weighted by molar-refractivity contribution is -0.119. The zero-order valence-corrected chi connectivity index (χ0v) is 11.2. The van der Waals surface area contributed by atoms with Gasteiger partial charge in [0.2, 0.25) is 0 Å². The van der Waals surface area contributed by atoms with Gasteiger partial charge in [0.25, 0.3) is 0 Å². The number of carbonyl (C=O) groups is 2. The zero-order valence-electron chi connectivity index (χ0n) is 11.2. The Labute approximate surface area is 106 Å². The van der Waals surface area contributed by atoms with Crippen molar-refractivity contribution in [1.82, 2.24) is 4.57 Å². The largest absolute Gasteiger partial charge is 0.334 e. The lowest BCUT2D eigenvalue weighted by Gasteiger charge is -2.14. The topological polar surface area (TPSA) is 39.1 Å². The summed E-state index contributed by atoms with van der Waals surface area (Å²) in [5, 5.41) is 0.926. The second-order valence-electron chi connectivity index (χ2n) is 4.69. The average molecular weight is 243 g/mol. The summed E-state index contributed by atoms with van der Waals surface area (Å²) in [5.41, 5.74) is 2.54. The number of carbonyl (C=O) groups excluding carboxylic acids is 2. The van der Waals surface area contributed by atoms with Crippen molar-refractivity contribution >= 4 is 22.5 Å². The summed E-state index contributed by atoms with van der Waals surface area (Å²) in [4.78, 5) is 23.4. The fourth-order valence-electron chi connectivity index (χ4n) is 2.52. The number of rotatable bonds is 3. The number of Topliss-reactive ketones (excluding diaryl/α,β-unsaturated/α-hetero) is 2. The number of benzene rings is 1. The van der Waals surface area contributed by atoms with E-state index in [1.165, 1.54) is 0 Å². The van der Waals surface area contributed by atoms with E-state index in [9.17, 15) is 9.59 Å².